The summed E-state index contributed by atoms with van der Waals surface area (Å²) in [6.45, 7) is 2.08. The van der Waals surface area contributed by atoms with Crippen molar-refractivity contribution in [2.75, 3.05) is 6.54 Å². The summed E-state index contributed by atoms with van der Waals surface area (Å²) in [7, 11) is 0. The largest absolute Gasteiger partial charge is 0.354 e. The fraction of sp³-hybridized carbons (Fsp3) is 0.250. The molecule has 0 aliphatic rings. The van der Waals surface area contributed by atoms with Crippen molar-refractivity contribution in [1.29, 1.82) is 0 Å². The number of pyridine rings is 1. The van der Waals surface area contributed by atoms with Crippen molar-refractivity contribution in [2.45, 2.75) is 19.4 Å². The van der Waals surface area contributed by atoms with Crippen LogP contribution in [0.4, 0.5) is 0 Å². The van der Waals surface area contributed by atoms with Gasteiger partial charge < -0.3 is 10.6 Å². The normalized spacial score (nSPS) is 12.0. The second-order valence-electron chi connectivity index (χ2n) is 5.26. The lowest BCUT2D eigenvalue weighted by molar-refractivity contribution is -0.122. The van der Waals surface area contributed by atoms with Crippen LogP contribution in [0.5, 0.6) is 0 Å². The van der Waals surface area contributed by atoms with E-state index in [9.17, 15) is 9.59 Å². The third-order valence-corrected chi connectivity index (χ3v) is 4.39. The Bertz CT molecular complexity index is 843. The molecule has 0 saturated heterocycles. The van der Waals surface area contributed by atoms with E-state index in [1.165, 1.54) is 11.3 Å². The molecule has 1 atom stereocenters. The molecule has 124 valence electrons. The molecule has 8 heteroatoms. The standard InChI is InChI=1S/C16H17N5O2S/c1-11(18-16(23)12-5-4-10-24-12)15(22)17-8-7-14-20-19-13-6-2-3-9-21(13)14/h2-6,9-11H,7-8H2,1H3,(H,17,22)(H,18,23). The number of nitrogens with zero attached hydrogens (tertiary/aromatic N) is 3. The van der Waals surface area contributed by atoms with E-state index in [4.69, 9.17) is 0 Å². The highest BCUT2D eigenvalue weighted by molar-refractivity contribution is 7.12. The Hall–Kier alpha value is -2.74. The summed E-state index contributed by atoms with van der Waals surface area (Å²) >= 11 is 1.34. The molecule has 0 bridgehead atoms. The number of nitrogens with one attached hydrogen (secondary N) is 2. The van der Waals surface area contributed by atoms with E-state index in [-0.39, 0.29) is 11.8 Å². The molecule has 3 aromatic heterocycles. The smallest absolute Gasteiger partial charge is 0.261 e. The van der Waals surface area contributed by atoms with Gasteiger partial charge in [0, 0.05) is 19.2 Å². The maximum Gasteiger partial charge on any atom is 0.261 e. The van der Waals surface area contributed by atoms with Crippen molar-refractivity contribution < 1.29 is 9.59 Å². The molecule has 2 amide bonds. The number of fused-ring (bicyclic) bond motifs is 1. The second-order valence-corrected chi connectivity index (χ2v) is 6.21. The highest BCUT2D eigenvalue weighted by Crippen LogP contribution is 2.08. The van der Waals surface area contributed by atoms with Gasteiger partial charge in [-0.2, -0.15) is 0 Å². The van der Waals surface area contributed by atoms with Crippen molar-refractivity contribution in [3.63, 3.8) is 0 Å². The van der Waals surface area contributed by atoms with Crippen molar-refractivity contribution in [3.05, 3.63) is 52.6 Å². The van der Waals surface area contributed by atoms with Crippen LogP contribution >= 0.6 is 11.3 Å². The van der Waals surface area contributed by atoms with Crippen molar-refractivity contribution >= 4 is 28.8 Å². The molecule has 0 fully saturated rings. The first-order chi connectivity index (χ1) is 11.6. The summed E-state index contributed by atoms with van der Waals surface area (Å²) in [5.74, 6) is 0.311. The van der Waals surface area contributed by atoms with Crippen LogP contribution in [0.2, 0.25) is 0 Å². The second kappa shape index (κ2) is 7.22. The first-order valence-electron chi connectivity index (χ1n) is 7.56. The number of hydrogen-bond acceptors (Lipinski definition) is 5. The van der Waals surface area contributed by atoms with E-state index in [0.29, 0.717) is 17.8 Å². The molecule has 1 unspecified atom stereocenters. The highest BCUT2D eigenvalue weighted by Gasteiger charge is 2.17. The average molecular weight is 343 g/mol. The van der Waals surface area contributed by atoms with Gasteiger partial charge in [0.1, 0.15) is 11.9 Å². The maximum atomic E-state index is 12.1. The third-order valence-electron chi connectivity index (χ3n) is 3.52. The predicted molar refractivity (Wildman–Crippen MR) is 90.9 cm³/mol. The van der Waals surface area contributed by atoms with E-state index in [1.54, 1.807) is 19.1 Å². The van der Waals surface area contributed by atoms with Crippen molar-refractivity contribution in [1.82, 2.24) is 25.2 Å². The van der Waals surface area contributed by atoms with Gasteiger partial charge >= 0.3 is 0 Å². The number of carbonyl (C=O) groups excluding carboxylic acids is 2. The summed E-state index contributed by atoms with van der Waals surface area (Å²) in [6, 6.07) is 8.59. The summed E-state index contributed by atoms with van der Waals surface area (Å²) < 4.78 is 1.88. The van der Waals surface area contributed by atoms with E-state index in [0.717, 1.165) is 11.5 Å². The zero-order valence-electron chi connectivity index (χ0n) is 13.1. The molecule has 3 rings (SSSR count). The van der Waals surface area contributed by atoms with Gasteiger partial charge in [-0.1, -0.05) is 12.1 Å². The van der Waals surface area contributed by atoms with Crippen LogP contribution in [0.3, 0.4) is 0 Å². The van der Waals surface area contributed by atoms with Crippen molar-refractivity contribution in [3.8, 4) is 0 Å². The van der Waals surface area contributed by atoms with Crippen LogP contribution in [0, 0.1) is 0 Å². The van der Waals surface area contributed by atoms with Gasteiger partial charge in [-0.3, -0.25) is 14.0 Å². The number of amides is 2. The summed E-state index contributed by atoms with van der Waals surface area (Å²) in [5, 5.41) is 15.5. The maximum absolute atomic E-state index is 12.1. The van der Waals surface area contributed by atoms with Gasteiger partial charge in [0.05, 0.1) is 4.88 Å². The van der Waals surface area contributed by atoms with E-state index >= 15 is 0 Å². The number of carbonyl (C=O) groups is 2. The minimum atomic E-state index is -0.602. The van der Waals surface area contributed by atoms with Crippen LogP contribution in [0.15, 0.2) is 41.9 Å². The summed E-state index contributed by atoms with van der Waals surface area (Å²) in [4.78, 5) is 24.6. The van der Waals surface area contributed by atoms with Crippen LogP contribution in [0.25, 0.3) is 5.65 Å². The molecule has 7 nitrogen and oxygen atoms in total. The van der Waals surface area contributed by atoms with Crippen LogP contribution in [0.1, 0.15) is 22.4 Å². The lowest BCUT2D eigenvalue weighted by Crippen LogP contribution is -2.45. The Labute approximate surface area is 142 Å². The molecule has 24 heavy (non-hydrogen) atoms. The molecule has 0 saturated carbocycles. The average Bonchev–Trinajstić information content (AvgIpc) is 3.24. The fourth-order valence-electron chi connectivity index (χ4n) is 2.25. The van der Waals surface area contributed by atoms with Crippen LogP contribution < -0.4 is 10.6 Å². The van der Waals surface area contributed by atoms with E-state index in [2.05, 4.69) is 20.8 Å². The molecule has 0 spiro atoms. The first kappa shape index (κ1) is 16.1. The Morgan fingerprint density at radius 1 is 1.25 bits per heavy atom. The predicted octanol–water partition coefficient (Wildman–Crippen LogP) is 1.27. The monoisotopic (exact) mass is 343 g/mol. The highest BCUT2D eigenvalue weighted by atomic mass is 32.1. The number of aromatic nitrogens is 3. The Balaban J connectivity index is 1.49. The summed E-state index contributed by atoms with van der Waals surface area (Å²) in [5.41, 5.74) is 0.774. The molecule has 0 aliphatic heterocycles. The molecule has 0 radical (unpaired) electrons. The minimum Gasteiger partial charge on any atom is -0.354 e. The lowest BCUT2D eigenvalue weighted by atomic mass is 10.3. The van der Waals surface area contributed by atoms with Gasteiger partial charge in [-0.15, -0.1) is 21.5 Å². The first-order valence-corrected chi connectivity index (χ1v) is 8.44. The number of rotatable bonds is 6. The molecule has 3 heterocycles. The topological polar surface area (TPSA) is 88.4 Å². The molecule has 3 aromatic rings. The Kier molecular flexibility index (Phi) is 4.85. The van der Waals surface area contributed by atoms with Gasteiger partial charge in [0.2, 0.25) is 5.91 Å². The van der Waals surface area contributed by atoms with Crippen molar-refractivity contribution in [2.24, 2.45) is 0 Å². The molecular formula is C16H17N5O2S. The quantitative estimate of drug-likeness (QED) is 0.705. The minimum absolute atomic E-state index is 0.228. The molecular weight excluding hydrogens is 326 g/mol. The van der Waals surface area contributed by atoms with Gasteiger partial charge in [-0.25, -0.2) is 0 Å². The zero-order chi connectivity index (χ0) is 16.9. The van der Waals surface area contributed by atoms with Crippen LogP contribution in [-0.2, 0) is 11.2 Å². The Morgan fingerprint density at radius 3 is 2.92 bits per heavy atom. The molecule has 0 aromatic carbocycles. The zero-order valence-corrected chi connectivity index (χ0v) is 13.9. The Morgan fingerprint density at radius 2 is 2.12 bits per heavy atom. The molecule has 2 N–H and O–H groups in total. The number of hydrogen-bond donors (Lipinski definition) is 2. The van der Waals surface area contributed by atoms with Gasteiger partial charge in [-0.05, 0) is 30.5 Å². The lowest BCUT2D eigenvalue weighted by Gasteiger charge is -2.13. The van der Waals surface area contributed by atoms with Crippen LogP contribution in [-0.4, -0.2) is 39.0 Å². The molecule has 0 aliphatic carbocycles. The van der Waals surface area contributed by atoms with Gasteiger partial charge in [0.15, 0.2) is 5.65 Å². The third kappa shape index (κ3) is 3.60. The van der Waals surface area contributed by atoms with Gasteiger partial charge in [0.25, 0.3) is 5.91 Å². The number of thiophene rings is 1. The SMILES string of the molecule is CC(NC(=O)c1cccs1)C(=O)NCCc1nnc2ccccn12. The van der Waals surface area contributed by atoms with E-state index in [1.807, 2.05) is 34.2 Å². The van der Waals surface area contributed by atoms with E-state index < -0.39 is 6.04 Å². The fourth-order valence-corrected chi connectivity index (χ4v) is 2.88. The summed E-state index contributed by atoms with van der Waals surface area (Å²) in [6.07, 6.45) is 2.44.